The molecule has 1 aliphatic rings. The first-order valence-electron chi connectivity index (χ1n) is 9.27. The number of anilines is 1. The monoisotopic (exact) mass is 523 g/mol. The van der Waals surface area contributed by atoms with Crippen LogP contribution in [-0.4, -0.2) is 29.3 Å². The van der Waals surface area contributed by atoms with Crippen molar-refractivity contribution in [3.05, 3.63) is 61.7 Å². The summed E-state index contributed by atoms with van der Waals surface area (Å²) in [6.07, 6.45) is 3.79. The van der Waals surface area contributed by atoms with E-state index in [1.54, 1.807) is 12.1 Å². The topological polar surface area (TPSA) is 64.9 Å². The quantitative estimate of drug-likeness (QED) is 0.319. The van der Waals surface area contributed by atoms with Crippen LogP contribution in [0.25, 0.3) is 5.57 Å². The molecule has 3 rings (SSSR count). The van der Waals surface area contributed by atoms with Gasteiger partial charge in [-0.1, -0.05) is 17.7 Å². The lowest BCUT2D eigenvalue weighted by molar-refractivity contribution is 0.0954. The summed E-state index contributed by atoms with van der Waals surface area (Å²) in [4.78, 5) is 14.5. The van der Waals surface area contributed by atoms with Crippen LogP contribution in [0.1, 0.15) is 49.2 Å². The van der Waals surface area contributed by atoms with Crippen molar-refractivity contribution in [2.75, 3.05) is 11.4 Å². The molecule has 5 nitrogen and oxygen atoms in total. The summed E-state index contributed by atoms with van der Waals surface area (Å²) < 4.78 is 0.677. The van der Waals surface area contributed by atoms with E-state index in [0.717, 1.165) is 23.4 Å². The van der Waals surface area contributed by atoms with Gasteiger partial charge in [0.1, 0.15) is 5.75 Å². The third-order valence-electron chi connectivity index (χ3n) is 4.99. The minimum absolute atomic E-state index is 0.0608. The molecule has 2 aromatic carbocycles. The zero-order chi connectivity index (χ0) is 21.3. The number of allylic oxidation sites excluding steroid dienone is 1. The zero-order valence-corrected chi connectivity index (χ0v) is 19.7. The Morgan fingerprint density at radius 2 is 2.07 bits per heavy atom. The fourth-order valence-electron chi connectivity index (χ4n) is 3.67. The number of hydrogen-bond acceptors (Lipinski definition) is 4. The van der Waals surface area contributed by atoms with Crippen LogP contribution >= 0.6 is 34.2 Å². The minimum atomic E-state index is -0.406. The van der Waals surface area contributed by atoms with Crippen molar-refractivity contribution in [3.63, 3.8) is 0 Å². The maximum absolute atomic E-state index is 12.2. The normalized spacial score (nSPS) is 15.2. The number of benzene rings is 2. The van der Waals surface area contributed by atoms with E-state index in [-0.39, 0.29) is 11.3 Å². The molecule has 0 unspecified atom stereocenters. The number of hydrazone groups is 1. The standard InChI is InChI=1S/C22H23ClIN3O2/c1-5-27-19-10-17(23)15(8-16(19)13(2)11-22(27,3)4)12-25-26-21(29)14-6-7-18(24)20(28)9-14/h6-12,28H,5H2,1-4H3,(H,26,29)/b25-12-. The third kappa shape index (κ3) is 4.43. The molecular formula is C22H23ClIN3O2. The largest absolute Gasteiger partial charge is 0.507 e. The number of nitrogens with zero attached hydrogens (tertiary/aromatic N) is 2. The first-order chi connectivity index (χ1) is 13.6. The molecule has 0 spiro atoms. The summed E-state index contributed by atoms with van der Waals surface area (Å²) in [7, 11) is 0. The molecule has 0 aromatic heterocycles. The van der Waals surface area contributed by atoms with E-state index in [1.807, 2.05) is 34.7 Å². The summed E-state index contributed by atoms with van der Waals surface area (Å²) in [5.74, 6) is -0.345. The number of amides is 1. The second-order valence-corrected chi connectivity index (χ2v) is 9.05. The summed E-state index contributed by atoms with van der Waals surface area (Å²) in [6, 6.07) is 8.67. The Kier molecular flexibility index (Phi) is 6.24. The Morgan fingerprint density at radius 3 is 2.72 bits per heavy atom. The van der Waals surface area contributed by atoms with Gasteiger partial charge in [0, 0.05) is 28.9 Å². The maximum Gasteiger partial charge on any atom is 0.271 e. The predicted molar refractivity (Wildman–Crippen MR) is 128 cm³/mol. The van der Waals surface area contributed by atoms with Crippen LogP contribution in [0, 0.1) is 3.57 Å². The lowest BCUT2D eigenvalue weighted by Crippen LogP contribution is -2.44. The van der Waals surface area contributed by atoms with Gasteiger partial charge in [0.2, 0.25) is 0 Å². The highest BCUT2D eigenvalue weighted by Gasteiger charge is 2.30. The van der Waals surface area contributed by atoms with E-state index < -0.39 is 5.91 Å². The highest BCUT2D eigenvalue weighted by molar-refractivity contribution is 14.1. The van der Waals surface area contributed by atoms with Gasteiger partial charge >= 0.3 is 0 Å². The van der Waals surface area contributed by atoms with Crippen LogP contribution < -0.4 is 10.3 Å². The number of nitrogens with one attached hydrogen (secondary N) is 1. The molecule has 1 amide bonds. The van der Waals surface area contributed by atoms with Gasteiger partial charge in [0.25, 0.3) is 5.91 Å². The van der Waals surface area contributed by atoms with Gasteiger partial charge in [0.15, 0.2) is 0 Å². The van der Waals surface area contributed by atoms with Crippen molar-refractivity contribution < 1.29 is 9.90 Å². The first kappa shape index (κ1) is 21.6. The summed E-state index contributed by atoms with van der Waals surface area (Å²) in [5.41, 5.74) is 6.82. The number of carbonyl (C=O) groups is 1. The summed E-state index contributed by atoms with van der Waals surface area (Å²) >= 11 is 8.51. The van der Waals surface area contributed by atoms with Crippen LogP contribution in [0.5, 0.6) is 5.75 Å². The predicted octanol–water partition coefficient (Wildman–Crippen LogP) is 5.44. The van der Waals surface area contributed by atoms with E-state index in [1.165, 1.54) is 17.9 Å². The van der Waals surface area contributed by atoms with Crippen molar-refractivity contribution in [1.82, 2.24) is 5.43 Å². The lowest BCUT2D eigenvalue weighted by atomic mass is 9.88. The van der Waals surface area contributed by atoms with Gasteiger partial charge in [-0.25, -0.2) is 5.43 Å². The fraction of sp³-hybridized carbons (Fsp3) is 0.273. The average Bonchev–Trinajstić information content (AvgIpc) is 2.64. The molecule has 152 valence electrons. The fourth-order valence-corrected chi connectivity index (χ4v) is 4.21. The van der Waals surface area contributed by atoms with Crippen LogP contribution in [0.15, 0.2) is 41.5 Å². The van der Waals surface area contributed by atoms with Gasteiger partial charge < -0.3 is 10.0 Å². The molecule has 1 aliphatic heterocycles. The van der Waals surface area contributed by atoms with Gasteiger partial charge in [-0.15, -0.1) is 0 Å². The Balaban J connectivity index is 1.84. The number of hydrogen-bond donors (Lipinski definition) is 2. The van der Waals surface area contributed by atoms with E-state index >= 15 is 0 Å². The van der Waals surface area contributed by atoms with Crippen LogP contribution in [0.3, 0.4) is 0 Å². The Bertz CT molecular complexity index is 1030. The second-order valence-electron chi connectivity index (χ2n) is 7.48. The molecule has 0 saturated heterocycles. The van der Waals surface area contributed by atoms with Crippen molar-refractivity contribution >= 4 is 57.6 Å². The van der Waals surface area contributed by atoms with Crippen molar-refractivity contribution in [1.29, 1.82) is 0 Å². The zero-order valence-electron chi connectivity index (χ0n) is 16.8. The molecule has 2 aromatic rings. The number of phenolic OH excluding ortho intramolecular Hbond substituents is 1. The van der Waals surface area contributed by atoms with Crippen LogP contribution in [-0.2, 0) is 0 Å². The molecule has 0 saturated carbocycles. The van der Waals surface area contributed by atoms with E-state index in [0.29, 0.717) is 14.2 Å². The molecule has 0 radical (unpaired) electrons. The van der Waals surface area contributed by atoms with Crippen LogP contribution in [0.2, 0.25) is 5.02 Å². The molecule has 0 fully saturated rings. The molecule has 29 heavy (non-hydrogen) atoms. The molecule has 2 N–H and O–H groups in total. The van der Waals surface area contributed by atoms with Crippen molar-refractivity contribution in [2.45, 2.75) is 33.2 Å². The SMILES string of the molecule is CCN1c2cc(Cl)c(/C=N\NC(=O)c3ccc(I)c(O)c3)cc2C(C)=CC1(C)C. The molecular weight excluding hydrogens is 501 g/mol. The number of fused-ring (bicyclic) bond motifs is 1. The van der Waals surface area contributed by atoms with Crippen molar-refractivity contribution in [3.8, 4) is 5.75 Å². The number of aromatic hydroxyl groups is 1. The highest BCUT2D eigenvalue weighted by atomic mass is 127. The molecule has 0 aliphatic carbocycles. The number of carbonyl (C=O) groups excluding carboxylic acids is 1. The highest BCUT2D eigenvalue weighted by Crippen LogP contribution is 2.40. The number of rotatable bonds is 4. The molecule has 0 bridgehead atoms. The smallest absolute Gasteiger partial charge is 0.271 e. The second kappa shape index (κ2) is 8.36. The molecule has 7 heteroatoms. The minimum Gasteiger partial charge on any atom is -0.507 e. The summed E-state index contributed by atoms with van der Waals surface area (Å²) in [5, 5.41) is 14.4. The maximum atomic E-state index is 12.2. The van der Waals surface area contributed by atoms with Gasteiger partial charge in [0.05, 0.1) is 20.3 Å². The third-order valence-corrected chi connectivity index (χ3v) is 6.23. The summed E-state index contributed by atoms with van der Waals surface area (Å²) in [6.45, 7) is 9.45. The Morgan fingerprint density at radius 1 is 1.34 bits per heavy atom. The Hall–Kier alpha value is -2.06. The lowest BCUT2D eigenvalue weighted by Gasteiger charge is -2.43. The number of likely N-dealkylation sites (N-methyl/N-ethyl adjacent to an activating group) is 1. The van der Waals surface area contributed by atoms with Gasteiger partial charge in [-0.3, -0.25) is 4.79 Å². The average molecular weight is 524 g/mol. The number of halogens is 2. The van der Waals surface area contributed by atoms with E-state index in [9.17, 15) is 9.90 Å². The van der Waals surface area contributed by atoms with E-state index in [4.69, 9.17) is 11.6 Å². The molecule has 1 heterocycles. The van der Waals surface area contributed by atoms with Gasteiger partial charge in [-0.05, 0) is 86.2 Å². The van der Waals surface area contributed by atoms with E-state index in [2.05, 4.69) is 49.2 Å². The van der Waals surface area contributed by atoms with Crippen molar-refractivity contribution in [2.24, 2.45) is 5.10 Å². The number of phenols is 1. The van der Waals surface area contributed by atoms with Crippen LogP contribution in [0.4, 0.5) is 5.69 Å². The van der Waals surface area contributed by atoms with Gasteiger partial charge in [-0.2, -0.15) is 5.10 Å². The Labute approximate surface area is 189 Å². The molecule has 0 atom stereocenters. The first-order valence-corrected chi connectivity index (χ1v) is 10.7.